The van der Waals surface area contributed by atoms with Gasteiger partial charge in [-0.2, -0.15) is 0 Å². The number of nitrogens with zero attached hydrogens (tertiary/aromatic N) is 1. The molecule has 3 rings (SSSR count). The third-order valence-electron chi connectivity index (χ3n) is 4.15. The number of fused-ring (bicyclic) bond motifs is 1. The first-order chi connectivity index (χ1) is 13.0. The summed E-state index contributed by atoms with van der Waals surface area (Å²) in [7, 11) is 3.18. The topological polar surface area (TPSA) is 93.8 Å². The number of amides is 1. The van der Waals surface area contributed by atoms with Crippen LogP contribution in [0.25, 0.3) is 11.1 Å². The number of carbonyl (C=O) groups excluding carboxylic acids is 1. The number of hydrogen-bond acceptors (Lipinski definition) is 6. The van der Waals surface area contributed by atoms with E-state index in [0.29, 0.717) is 40.5 Å². The molecule has 1 atom stereocenters. The molecule has 142 valence electrons. The number of carbonyl (C=O) groups is 1. The lowest BCUT2D eigenvalue weighted by Gasteiger charge is -2.10. The quantitative estimate of drug-likeness (QED) is 0.664. The Labute approximate surface area is 156 Å². The molecule has 3 aromatic rings. The second-order valence-corrected chi connectivity index (χ2v) is 6.21. The molecule has 7 heteroatoms. The van der Waals surface area contributed by atoms with Gasteiger partial charge in [-0.15, -0.1) is 0 Å². The lowest BCUT2D eigenvalue weighted by molar-refractivity contribution is 0.0922. The Balaban J connectivity index is 1.81. The van der Waals surface area contributed by atoms with Crippen molar-refractivity contribution in [2.24, 2.45) is 0 Å². The molecule has 0 bridgehead atoms. The monoisotopic (exact) mass is 370 g/mol. The smallest absolute Gasteiger partial charge is 0.251 e. The number of ether oxygens (including phenoxy) is 2. The first-order valence-corrected chi connectivity index (χ1v) is 8.56. The van der Waals surface area contributed by atoms with Crippen molar-refractivity contribution in [3.05, 3.63) is 53.4 Å². The molecular weight excluding hydrogens is 348 g/mol. The Morgan fingerprint density at radius 2 is 1.96 bits per heavy atom. The van der Waals surface area contributed by atoms with Crippen molar-refractivity contribution < 1.29 is 23.8 Å². The zero-order valence-corrected chi connectivity index (χ0v) is 15.5. The molecule has 0 saturated carbocycles. The van der Waals surface area contributed by atoms with Gasteiger partial charge in [0, 0.05) is 18.0 Å². The molecule has 0 aliphatic rings. The summed E-state index contributed by atoms with van der Waals surface area (Å²) in [5.41, 5.74) is 2.64. The minimum atomic E-state index is -0.316. The lowest BCUT2D eigenvalue weighted by Crippen LogP contribution is -2.34. The van der Waals surface area contributed by atoms with Crippen LogP contribution in [0, 0.1) is 0 Å². The summed E-state index contributed by atoms with van der Waals surface area (Å²) >= 11 is 0. The van der Waals surface area contributed by atoms with Crippen molar-refractivity contribution in [1.82, 2.24) is 10.3 Å². The highest BCUT2D eigenvalue weighted by Crippen LogP contribution is 2.29. The van der Waals surface area contributed by atoms with E-state index >= 15 is 0 Å². The Hall–Kier alpha value is -3.06. The minimum Gasteiger partial charge on any atom is -0.493 e. The van der Waals surface area contributed by atoms with E-state index < -0.39 is 0 Å². The predicted molar refractivity (Wildman–Crippen MR) is 100 cm³/mol. The van der Waals surface area contributed by atoms with Crippen LogP contribution in [-0.2, 0) is 6.42 Å². The number of aliphatic hydroxyl groups is 1. The Bertz CT molecular complexity index is 951. The molecule has 0 radical (unpaired) electrons. The summed E-state index contributed by atoms with van der Waals surface area (Å²) < 4.78 is 16.4. The van der Waals surface area contributed by atoms with Crippen LogP contribution in [-0.4, -0.2) is 42.9 Å². The normalized spacial score (nSPS) is 12.0. The van der Waals surface area contributed by atoms with Gasteiger partial charge in [-0.1, -0.05) is 6.07 Å². The van der Waals surface area contributed by atoms with E-state index in [1.54, 1.807) is 39.3 Å². The molecule has 1 amide bonds. The van der Waals surface area contributed by atoms with Gasteiger partial charge in [-0.3, -0.25) is 4.79 Å². The SMILES string of the molecule is COc1ccc(Cc2nc3ccc(C(=O)NC(C)CO)cc3o2)cc1OC. The van der Waals surface area contributed by atoms with Gasteiger partial charge in [0.05, 0.1) is 20.8 Å². The summed E-state index contributed by atoms with van der Waals surface area (Å²) in [5, 5.41) is 11.8. The van der Waals surface area contributed by atoms with Crippen LogP contribution in [0.1, 0.15) is 28.7 Å². The molecule has 0 saturated heterocycles. The number of benzene rings is 2. The number of rotatable bonds is 7. The molecule has 0 aliphatic heterocycles. The van der Waals surface area contributed by atoms with Crippen LogP contribution < -0.4 is 14.8 Å². The van der Waals surface area contributed by atoms with E-state index in [-0.39, 0.29) is 18.6 Å². The van der Waals surface area contributed by atoms with Crippen molar-refractivity contribution >= 4 is 17.0 Å². The molecule has 0 spiro atoms. The molecule has 2 aromatic carbocycles. The van der Waals surface area contributed by atoms with E-state index in [1.807, 2.05) is 18.2 Å². The highest BCUT2D eigenvalue weighted by molar-refractivity contribution is 5.97. The van der Waals surface area contributed by atoms with Gasteiger partial charge in [-0.25, -0.2) is 4.98 Å². The summed E-state index contributed by atoms with van der Waals surface area (Å²) in [6, 6.07) is 10.4. The summed E-state index contributed by atoms with van der Waals surface area (Å²) in [4.78, 5) is 16.6. The molecule has 7 nitrogen and oxygen atoms in total. The largest absolute Gasteiger partial charge is 0.493 e. The summed E-state index contributed by atoms with van der Waals surface area (Å²) in [5.74, 6) is 1.57. The van der Waals surface area contributed by atoms with Gasteiger partial charge in [0.25, 0.3) is 5.91 Å². The molecule has 2 N–H and O–H groups in total. The maximum Gasteiger partial charge on any atom is 0.251 e. The third-order valence-corrected chi connectivity index (χ3v) is 4.15. The van der Waals surface area contributed by atoms with Crippen LogP contribution in [0.5, 0.6) is 11.5 Å². The minimum absolute atomic E-state index is 0.119. The van der Waals surface area contributed by atoms with Gasteiger partial charge < -0.3 is 24.3 Å². The van der Waals surface area contributed by atoms with Crippen molar-refractivity contribution in [2.75, 3.05) is 20.8 Å². The second-order valence-electron chi connectivity index (χ2n) is 6.21. The van der Waals surface area contributed by atoms with Crippen molar-refractivity contribution in [3.63, 3.8) is 0 Å². The van der Waals surface area contributed by atoms with Crippen LogP contribution in [0.15, 0.2) is 40.8 Å². The van der Waals surface area contributed by atoms with Gasteiger partial charge in [0.15, 0.2) is 23.0 Å². The van der Waals surface area contributed by atoms with E-state index in [0.717, 1.165) is 5.56 Å². The summed E-state index contributed by atoms with van der Waals surface area (Å²) in [6.07, 6.45) is 0.484. The number of oxazole rings is 1. The fourth-order valence-corrected chi connectivity index (χ4v) is 2.71. The molecular formula is C20H22N2O5. The van der Waals surface area contributed by atoms with Gasteiger partial charge in [0.1, 0.15) is 5.52 Å². The standard InChI is InChI=1S/C20H22N2O5/c1-12(11-23)21-20(24)14-5-6-15-17(10-14)27-19(22-15)9-13-4-7-16(25-2)18(8-13)26-3/h4-8,10,12,23H,9,11H2,1-3H3,(H,21,24). The Morgan fingerprint density at radius 3 is 2.67 bits per heavy atom. The molecule has 0 fully saturated rings. The lowest BCUT2D eigenvalue weighted by atomic mass is 10.1. The average Bonchev–Trinajstić information content (AvgIpc) is 3.08. The number of aliphatic hydroxyl groups excluding tert-OH is 1. The molecule has 1 heterocycles. The van der Waals surface area contributed by atoms with Gasteiger partial charge >= 0.3 is 0 Å². The maximum atomic E-state index is 12.2. The van der Waals surface area contributed by atoms with Crippen molar-refractivity contribution in [3.8, 4) is 11.5 Å². The van der Waals surface area contributed by atoms with Crippen LogP contribution >= 0.6 is 0 Å². The fourth-order valence-electron chi connectivity index (χ4n) is 2.71. The molecule has 1 aromatic heterocycles. The van der Waals surface area contributed by atoms with E-state index in [9.17, 15) is 4.79 Å². The second kappa shape index (κ2) is 8.09. The van der Waals surface area contributed by atoms with E-state index in [1.165, 1.54) is 0 Å². The van der Waals surface area contributed by atoms with Crippen LogP contribution in [0.2, 0.25) is 0 Å². The first-order valence-electron chi connectivity index (χ1n) is 8.56. The molecule has 1 unspecified atom stereocenters. The Morgan fingerprint density at radius 1 is 1.19 bits per heavy atom. The number of hydrogen-bond donors (Lipinski definition) is 2. The Kier molecular flexibility index (Phi) is 5.61. The predicted octanol–water partition coefficient (Wildman–Crippen LogP) is 2.55. The molecule has 27 heavy (non-hydrogen) atoms. The van der Waals surface area contributed by atoms with E-state index in [2.05, 4.69) is 10.3 Å². The number of nitrogens with one attached hydrogen (secondary N) is 1. The zero-order chi connectivity index (χ0) is 19.4. The van der Waals surface area contributed by atoms with E-state index in [4.69, 9.17) is 19.0 Å². The third kappa shape index (κ3) is 4.20. The zero-order valence-electron chi connectivity index (χ0n) is 15.5. The van der Waals surface area contributed by atoms with Gasteiger partial charge in [0.2, 0.25) is 0 Å². The molecule has 0 aliphatic carbocycles. The highest BCUT2D eigenvalue weighted by atomic mass is 16.5. The first kappa shape index (κ1) is 18.7. The van der Waals surface area contributed by atoms with Crippen LogP contribution in [0.4, 0.5) is 0 Å². The van der Waals surface area contributed by atoms with Crippen LogP contribution in [0.3, 0.4) is 0 Å². The van der Waals surface area contributed by atoms with Gasteiger partial charge in [-0.05, 0) is 42.8 Å². The average molecular weight is 370 g/mol. The maximum absolute atomic E-state index is 12.2. The fraction of sp³-hybridized carbons (Fsp3) is 0.300. The number of aromatic nitrogens is 1. The van der Waals surface area contributed by atoms with Crippen molar-refractivity contribution in [1.29, 1.82) is 0 Å². The summed E-state index contributed by atoms with van der Waals surface area (Å²) in [6.45, 7) is 1.61. The number of methoxy groups -OCH3 is 2. The van der Waals surface area contributed by atoms with Crippen molar-refractivity contribution in [2.45, 2.75) is 19.4 Å². The highest BCUT2D eigenvalue weighted by Gasteiger charge is 2.13.